The Kier molecular flexibility index (Phi) is 4.93. The predicted molar refractivity (Wildman–Crippen MR) is 82.2 cm³/mol. The number of aromatic nitrogens is 2. The maximum Gasteiger partial charge on any atom is 0.161 e. The molecular weight excluding hydrogens is 250 g/mol. The first-order valence-corrected chi connectivity index (χ1v) is 7.05. The van der Waals surface area contributed by atoms with Crippen LogP contribution in [0.2, 0.25) is 0 Å². The molecular formula is C16H21N3O. The van der Waals surface area contributed by atoms with E-state index in [1.165, 1.54) is 0 Å². The topological polar surface area (TPSA) is 47.0 Å². The van der Waals surface area contributed by atoms with E-state index in [9.17, 15) is 0 Å². The summed E-state index contributed by atoms with van der Waals surface area (Å²) in [5.74, 6) is 2.44. The van der Waals surface area contributed by atoms with Crippen LogP contribution in [0.5, 0.6) is 5.75 Å². The highest BCUT2D eigenvalue weighted by atomic mass is 16.5. The molecule has 0 aliphatic heterocycles. The Hall–Kier alpha value is -2.10. The summed E-state index contributed by atoms with van der Waals surface area (Å²) >= 11 is 0. The highest BCUT2D eigenvalue weighted by molar-refractivity contribution is 5.59. The Morgan fingerprint density at radius 1 is 1.15 bits per heavy atom. The molecule has 0 aliphatic carbocycles. The average molecular weight is 271 g/mol. The van der Waals surface area contributed by atoms with Gasteiger partial charge in [-0.2, -0.15) is 0 Å². The van der Waals surface area contributed by atoms with Gasteiger partial charge >= 0.3 is 0 Å². The Labute approximate surface area is 120 Å². The smallest absolute Gasteiger partial charge is 0.161 e. The largest absolute Gasteiger partial charge is 0.494 e. The number of nitrogens with zero attached hydrogens (tertiary/aromatic N) is 2. The number of hydrogen-bond donors (Lipinski definition) is 1. The van der Waals surface area contributed by atoms with Gasteiger partial charge in [-0.1, -0.05) is 19.1 Å². The monoisotopic (exact) mass is 271 g/mol. The van der Waals surface area contributed by atoms with Crippen LogP contribution in [-0.2, 0) is 0 Å². The van der Waals surface area contributed by atoms with Crippen molar-refractivity contribution in [3.63, 3.8) is 0 Å². The zero-order valence-corrected chi connectivity index (χ0v) is 12.3. The second kappa shape index (κ2) is 6.89. The minimum atomic E-state index is 0.723. The van der Waals surface area contributed by atoms with Gasteiger partial charge in [0, 0.05) is 23.9 Å². The summed E-state index contributed by atoms with van der Waals surface area (Å²) in [6.45, 7) is 7.69. The summed E-state index contributed by atoms with van der Waals surface area (Å²) in [5, 5.41) is 3.23. The summed E-state index contributed by atoms with van der Waals surface area (Å²) in [4.78, 5) is 9.04. The standard InChI is InChI=1S/C16H21N3O/c1-4-9-20-14-8-6-7-13(11-14)16-18-12(3)10-15(19-16)17-5-2/h6-8,10-11H,4-5,9H2,1-3H3,(H,17,18,19). The summed E-state index contributed by atoms with van der Waals surface area (Å²) in [6.07, 6.45) is 0.996. The molecule has 0 radical (unpaired) electrons. The molecule has 4 heteroatoms. The van der Waals surface area contributed by atoms with Crippen molar-refractivity contribution < 1.29 is 4.74 Å². The fourth-order valence-electron chi connectivity index (χ4n) is 1.91. The zero-order valence-electron chi connectivity index (χ0n) is 12.3. The van der Waals surface area contributed by atoms with Crippen LogP contribution in [-0.4, -0.2) is 23.1 Å². The number of aryl methyl sites for hydroxylation is 1. The fourth-order valence-corrected chi connectivity index (χ4v) is 1.91. The van der Waals surface area contributed by atoms with Crippen LogP contribution in [0.1, 0.15) is 26.0 Å². The van der Waals surface area contributed by atoms with E-state index in [1.807, 2.05) is 37.3 Å². The Balaban J connectivity index is 2.30. The normalized spacial score (nSPS) is 10.3. The van der Waals surface area contributed by atoms with Gasteiger partial charge < -0.3 is 10.1 Å². The van der Waals surface area contributed by atoms with E-state index in [2.05, 4.69) is 29.1 Å². The Bertz CT molecular complexity index is 569. The van der Waals surface area contributed by atoms with Crippen molar-refractivity contribution >= 4 is 5.82 Å². The van der Waals surface area contributed by atoms with Crippen LogP contribution in [0.25, 0.3) is 11.4 Å². The maximum atomic E-state index is 5.65. The van der Waals surface area contributed by atoms with Gasteiger partial charge in [-0.25, -0.2) is 9.97 Å². The third kappa shape index (κ3) is 3.70. The second-order valence-corrected chi connectivity index (χ2v) is 4.62. The van der Waals surface area contributed by atoms with Gasteiger partial charge in [0.2, 0.25) is 0 Å². The van der Waals surface area contributed by atoms with Gasteiger partial charge in [-0.05, 0) is 32.4 Å². The van der Waals surface area contributed by atoms with Crippen LogP contribution in [0, 0.1) is 6.92 Å². The van der Waals surface area contributed by atoms with E-state index >= 15 is 0 Å². The van der Waals surface area contributed by atoms with Gasteiger partial charge in [0.15, 0.2) is 5.82 Å². The first-order chi connectivity index (χ1) is 9.72. The van der Waals surface area contributed by atoms with Crippen LogP contribution in [0.3, 0.4) is 0 Å². The number of rotatable bonds is 6. The van der Waals surface area contributed by atoms with Crippen molar-refractivity contribution in [3.05, 3.63) is 36.0 Å². The molecule has 0 unspecified atom stereocenters. The quantitative estimate of drug-likeness (QED) is 0.870. The lowest BCUT2D eigenvalue weighted by Gasteiger charge is -2.09. The molecule has 0 spiro atoms. The van der Waals surface area contributed by atoms with E-state index in [4.69, 9.17) is 4.74 Å². The molecule has 1 N–H and O–H groups in total. The molecule has 0 fully saturated rings. The highest BCUT2D eigenvalue weighted by Crippen LogP contribution is 2.22. The van der Waals surface area contributed by atoms with E-state index in [0.717, 1.165) is 48.2 Å². The number of benzene rings is 1. The third-order valence-corrected chi connectivity index (χ3v) is 2.78. The maximum absolute atomic E-state index is 5.65. The lowest BCUT2D eigenvalue weighted by atomic mass is 10.2. The van der Waals surface area contributed by atoms with Gasteiger partial charge in [0.25, 0.3) is 0 Å². The van der Waals surface area contributed by atoms with Crippen molar-refractivity contribution in [1.82, 2.24) is 9.97 Å². The summed E-state index contributed by atoms with van der Waals surface area (Å²) in [6, 6.07) is 9.87. The van der Waals surface area contributed by atoms with Crippen molar-refractivity contribution in [2.45, 2.75) is 27.2 Å². The first-order valence-electron chi connectivity index (χ1n) is 7.05. The van der Waals surface area contributed by atoms with Gasteiger partial charge in [-0.3, -0.25) is 0 Å². The first kappa shape index (κ1) is 14.3. The number of hydrogen-bond acceptors (Lipinski definition) is 4. The summed E-state index contributed by atoms with van der Waals surface area (Å²) in [7, 11) is 0. The number of anilines is 1. The molecule has 1 aromatic carbocycles. The average Bonchev–Trinajstić information content (AvgIpc) is 2.45. The molecule has 0 saturated carbocycles. The molecule has 1 heterocycles. The third-order valence-electron chi connectivity index (χ3n) is 2.78. The van der Waals surface area contributed by atoms with E-state index in [-0.39, 0.29) is 0 Å². The van der Waals surface area contributed by atoms with Crippen LogP contribution in [0.4, 0.5) is 5.82 Å². The Morgan fingerprint density at radius 3 is 2.75 bits per heavy atom. The van der Waals surface area contributed by atoms with Crippen LogP contribution < -0.4 is 10.1 Å². The van der Waals surface area contributed by atoms with Crippen molar-refractivity contribution in [2.75, 3.05) is 18.5 Å². The number of ether oxygens (including phenoxy) is 1. The van der Waals surface area contributed by atoms with E-state index < -0.39 is 0 Å². The van der Waals surface area contributed by atoms with E-state index in [0.29, 0.717) is 0 Å². The molecule has 0 bridgehead atoms. The Morgan fingerprint density at radius 2 is 2.00 bits per heavy atom. The number of nitrogens with one attached hydrogen (secondary N) is 1. The summed E-state index contributed by atoms with van der Waals surface area (Å²) < 4.78 is 5.65. The molecule has 0 aliphatic rings. The summed E-state index contributed by atoms with van der Waals surface area (Å²) in [5.41, 5.74) is 1.92. The second-order valence-electron chi connectivity index (χ2n) is 4.62. The molecule has 0 atom stereocenters. The molecule has 0 saturated heterocycles. The molecule has 0 amide bonds. The highest BCUT2D eigenvalue weighted by Gasteiger charge is 2.06. The van der Waals surface area contributed by atoms with E-state index in [1.54, 1.807) is 0 Å². The minimum absolute atomic E-state index is 0.723. The SMILES string of the molecule is CCCOc1cccc(-c2nc(C)cc(NCC)n2)c1. The molecule has 106 valence electrons. The molecule has 20 heavy (non-hydrogen) atoms. The van der Waals surface area contributed by atoms with Crippen LogP contribution >= 0.6 is 0 Å². The lowest BCUT2D eigenvalue weighted by Crippen LogP contribution is -2.02. The van der Waals surface area contributed by atoms with Crippen LogP contribution in [0.15, 0.2) is 30.3 Å². The van der Waals surface area contributed by atoms with Gasteiger partial charge in [-0.15, -0.1) is 0 Å². The predicted octanol–water partition coefficient (Wildman–Crippen LogP) is 3.67. The lowest BCUT2D eigenvalue weighted by molar-refractivity contribution is 0.317. The van der Waals surface area contributed by atoms with Crippen molar-refractivity contribution in [1.29, 1.82) is 0 Å². The minimum Gasteiger partial charge on any atom is -0.494 e. The van der Waals surface area contributed by atoms with Crippen molar-refractivity contribution in [3.8, 4) is 17.1 Å². The molecule has 4 nitrogen and oxygen atoms in total. The van der Waals surface area contributed by atoms with Gasteiger partial charge in [0.05, 0.1) is 6.61 Å². The fraction of sp³-hybridized carbons (Fsp3) is 0.375. The zero-order chi connectivity index (χ0) is 14.4. The van der Waals surface area contributed by atoms with Gasteiger partial charge in [0.1, 0.15) is 11.6 Å². The molecule has 2 aromatic rings. The van der Waals surface area contributed by atoms with Crippen molar-refractivity contribution in [2.24, 2.45) is 0 Å². The molecule has 1 aromatic heterocycles. The molecule has 2 rings (SSSR count).